The van der Waals surface area contributed by atoms with Gasteiger partial charge in [-0.2, -0.15) is 0 Å². The number of H-pyrrole nitrogens is 1. The van der Waals surface area contributed by atoms with Crippen molar-refractivity contribution >= 4 is 16.6 Å². The van der Waals surface area contributed by atoms with Gasteiger partial charge in [-0.1, -0.05) is 12.1 Å². The average molecular weight is 217 g/mol. The minimum atomic E-state index is -0.142. The number of nitrogens with one attached hydrogen (secondary N) is 2. The van der Waals surface area contributed by atoms with Gasteiger partial charge < -0.3 is 15.4 Å². The zero-order chi connectivity index (χ0) is 11.1. The van der Waals surface area contributed by atoms with Crippen LogP contribution in [0.25, 0.3) is 10.9 Å². The molecule has 0 aliphatic carbocycles. The summed E-state index contributed by atoms with van der Waals surface area (Å²) in [4.78, 5) is 13.5. The fraction of sp³-hybridized carbons (Fsp3) is 0.273. The van der Waals surface area contributed by atoms with Crippen molar-refractivity contribution in [2.45, 2.75) is 13.0 Å². The number of aromatic hydroxyl groups is 1. The van der Waals surface area contributed by atoms with Crippen molar-refractivity contribution in [1.82, 2.24) is 10.3 Å². The predicted octanol–water partition coefficient (Wildman–Crippen LogP) is 1.92. The van der Waals surface area contributed by atoms with Crippen LogP contribution < -0.4 is 5.32 Å². The smallest absolute Gasteiger partial charge is 0.219 e. The molecule has 0 radical (unpaired) electrons. The van der Waals surface area contributed by atoms with E-state index in [9.17, 15) is 10.0 Å². The van der Waals surface area contributed by atoms with Crippen molar-refractivity contribution in [3.63, 3.8) is 0 Å². The number of hydrogen-bond donors (Lipinski definition) is 3. The first-order valence-corrected chi connectivity index (χ1v) is 5.20. The maximum atomic E-state index is 10.6. The van der Waals surface area contributed by atoms with E-state index in [0.717, 1.165) is 25.0 Å². The summed E-state index contributed by atoms with van der Waals surface area (Å²) in [6.45, 7) is 1.74. The van der Waals surface area contributed by atoms with Crippen LogP contribution in [0.3, 0.4) is 0 Å². The first-order valence-electron chi connectivity index (χ1n) is 5.20. The zero-order valence-corrected chi connectivity index (χ0v) is 8.58. The topological polar surface area (TPSA) is 77.5 Å². The van der Waals surface area contributed by atoms with Crippen molar-refractivity contribution in [2.24, 2.45) is 5.18 Å². The Labute approximate surface area is 91.5 Å². The first kappa shape index (κ1) is 9.35. The summed E-state index contributed by atoms with van der Waals surface area (Å²) >= 11 is 0. The average Bonchev–Trinajstić information content (AvgIpc) is 2.65. The molecule has 1 aliphatic rings. The summed E-state index contributed by atoms with van der Waals surface area (Å²) in [5.74, 6) is -0.142. The molecule has 0 unspecified atom stereocenters. The van der Waals surface area contributed by atoms with Gasteiger partial charge in [-0.15, -0.1) is 4.91 Å². The van der Waals surface area contributed by atoms with Crippen LogP contribution in [-0.2, 0) is 13.0 Å². The van der Waals surface area contributed by atoms with Gasteiger partial charge in [-0.3, -0.25) is 0 Å². The highest BCUT2D eigenvalue weighted by Gasteiger charge is 2.18. The lowest BCUT2D eigenvalue weighted by atomic mass is 9.98. The normalized spacial score (nSPS) is 15.0. The Hall–Kier alpha value is -1.88. The molecule has 0 atom stereocenters. The van der Waals surface area contributed by atoms with Gasteiger partial charge in [0.15, 0.2) is 5.69 Å². The molecular formula is C11H11N3O2. The molecule has 0 bridgehead atoms. The monoisotopic (exact) mass is 217 g/mol. The summed E-state index contributed by atoms with van der Waals surface area (Å²) in [7, 11) is 0. The highest BCUT2D eigenvalue weighted by Crippen LogP contribution is 2.37. The second-order valence-electron chi connectivity index (χ2n) is 3.97. The van der Waals surface area contributed by atoms with Crippen LogP contribution in [0, 0.1) is 4.91 Å². The lowest BCUT2D eigenvalue weighted by Gasteiger charge is -2.17. The van der Waals surface area contributed by atoms with Crippen molar-refractivity contribution < 1.29 is 5.11 Å². The van der Waals surface area contributed by atoms with Gasteiger partial charge in [-0.05, 0) is 29.3 Å². The molecule has 3 rings (SSSR count). The minimum absolute atomic E-state index is 0.108. The molecule has 0 fully saturated rings. The lowest BCUT2D eigenvalue weighted by molar-refractivity contribution is 0.460. The predicted molar refractivity (Wildman–Crippen MR) is 60.8 cm³/mol. The highest BCUT2D eigenvalue weighted by molar-refractivity contribution is 5.96. The summed E-state index contributed by atoms with van der Waals surface area (Å²) in [6, 6.07) is 3.81. The quantitative estimate of drug-likeness (QED) is 0.638. The zero-order valence-electron chi connectivity index (χ0n) is 8.58. The molecule has 5 heteroatoms. The summed E-state index contributed by atoms with van der Waals surface area (Å²) in [5, 5.41) is 16.4. The van der Waals surface area contributed by atoms with E-state index in [-0.39, 0.29) is 11.6 Å². The second kappa shape index (κ2) is 3.31. The largest absolute Gasteiger partial charge is 0.493 e. The van der Waals surface area contributed by atoms with Gasteiger partial charge in [0, 0.05) is 11.9 Å². The van der Waals surface area contributed by atoms with E-state index >= 15 is 0 Å². The van der Waals surface area contributed by atoms with Gasteiger partial charge in [-0.25, -0.2) is 0 Å². The number of nitroso groups, excluding NO2 is 1. The molecule has 2 heterocycles. The van der Waals surface area contributed by atoms with Crippen LogP contribution in [0.5, 0.6) is 5.88 Å². The Morgan fingerprint density at radius 3 is 3.06 bits per heavy atom. The van der Waals surface area contributed by atoms with E-state index in [1.54, 1.807) is 0 Å². The Kier molecular flexibility index (Phi) is 1.94. The number of rotatable bonds is 1. The molecule has 0 amide bonds. The number of nitrogens with zero attached hydrogens (tertiary/aromatic N) is 1. The highest BCUT2D eigenvalue weighted by atomic mass is 16.3. The summed E-state index contributed by atoms with van der Waals surface area (Å²) in [5.41, 5.74) is 3.32. The molecule has 0 spiro atoms. The molecule has 1 aromatic carbocycles. The van der Waals surface area contributed by atoms with E-state index in [1.165, 1.54) is 11.1 Å². The van der Waals surface area contributed by atoms with Gasteiger partial charge in [0.05, 0.1) is 5.52 Å². The fourth-order valence-corrected chi connectivity index (χ4v) is 2.32. The molecule has 1 aromatic heterocycles. The van der Waals surface area contributed by atoms with E-state index < -0.39 is 0 Å². The number of benzene rings is 1. The Morgan fingerprint density at radius 2 is 2.25 bits per heavy atom. The number of aromatic amines is 1. The Morgan fingerprint density at radius 1 is 1.38 bits per heavy atom. The Balaban J connectivity index is 2.36. The van der Waals surface area contributed by atoms with Crippen molar-refractivity contribution in [1.29, 1.82) is 0 Å². The number of hydrogen-bond acceptors (Lipinski definition) is 4. The molecule has 5 nitrogen and oxygen atoms in total. The minimum Gasteiger partial charge on any atom is -0.493 e. The summed E-state index contributed by atoms with van der Waals surface area (Å²) < 4.78 is 0. The third-order valence-electron chi connectivity index (χ3n) is 3.09. The van der Waals surface area contributed by atoms with E-state index in [4.69, 9.17) is 0 Å². The summed E-state index contributed by atoms with van der Waals surface area (Å²) in [6.07, 6.45) is 0.894. The molecule has 2 aromatic rings. The van der Waals surface area contributed by atoms with Crippen LogP contribution in [0.4, 0.5) is 5.69 Å². The molecule has 0 saturated carbocycles. The first-order chi connectivity index (χ1) is 7.81. The fourth-order valence-electron chi connectivity index (χ4n) is 2.32. The second-order valence-corrected chi connectivity index (χ2v) is 3.97. The van der Waals surface area contributed by atoms with Gasteiger partial charge in [0.25, 0.3) is 0 Å². The van der Waals surface area contributed by atoms with Crippen LogP contribution in [0.2, 0.25) is 0 Å². The number of aromatic nitrogens is 1. The van der Waals surface area contributed by atoms with Gasteiger partial charge in [0.1, 0.15) is 0 Å². The van der Waals surface area contributed by atoms with Gasteiger partial charge in [0.2, 0.25) is 5.88 Å². The molecular weight excluding hydrogens is 206 g/mol. The molecule has 1 aliphatic heterocycles. The van der Waals surface area contributed by atoms with Crippen molar-refractivity contribution in [2.75, 3.05) is 6.54 Å². The maximum Gasteiger partial charge on any atom is 0.219 e. The molecule has 3 N–H and O–H groups in total. The van der Waals surface area contributed by atoms with Crippen molar-refractivity contribution in [3.8, 4) is 5.88 Å². The van der Waals surface area contributed by atoms with E-state index in [1.807, 2.05) is 12.1 Å². The lowest BCUT2D eigenvalue weighted by Crippen LogP contribution is -2.23. The van der Waals surface area contributed by atoms with Crippen LogP contribution >= 0.6 is 0 Å². The van der Waals surface area contributed by atoms with Crippen molar-refractivity contribution in [3.05, 3.63) is 28.2 Å². The molecule has 16 heavy (non-hydrogen) atoms. The van der Waals surface area contributed by atoms with E-state index in [2.05, 4.69) is 15.5 Å². The van der Waals surface area contributed by atoms with Crippen LogP contribution in [0.1, 0.15) is 11.1 Å². The number of fused-ring (bicyclic) bond motifs is 3. The van der Waals surface area contributed by atoms with E-state index in [0.29, 0.717) is 5.39 Å². The van der Waals surface area contributed by atoms with Crippen LogP contribution in [0.15, 0.2) is 17.3 Å². The Bertz CT molecular complexity index is 574. The van der Waals surface area contributed by atoms with Crippen LogP contribution in [-0.4, -0.2) is 16.6 Å². The maximum absolute atomic E-state index is 10.6. The third-order valence-corrected chi connectivity index (χ3v) is 3.09. The third kappa shape index (κ3) is 1.15. The SMILES string of the molecule is O=Nc1c(O)[nH]c2c3c(ccc12)CNCC3. The van der Waals surface area contributed by atoms with Gasteiger partial charge >= 0.3 is 0 Å². The molecule has 0 saturated heterocycles. The standard InChI is InChI=1S/C11H11N3O2/c15-11-10(14-16)8-2-1-6-5-12-4-3-7(6)9(8)13-11/h1-2,12-13,15H,3-5H2. The molecule has 82 valence electrons.